The average Bonchev–Trinajstić information content (AvgIpc) is 2.35. The van der Waals surface area contributed by atoms with Gasteiger partial charge in [-0.05, 0) is 51.8 Å². The van der Waals surface area contributed by atoms with E-state index in [1.54, 1.807) is 6.07 Å². The van der Waals surface area contributed by atoms with Gasteiger partial charge < -0.3 is 15.0 Å². The normalized spacial score (nSPS) is 21.7. The van der Waals surface area contributed by atoms with E-state index in [1.165, 1.54) is 0 Å². The molecule has 1 N–H and O–H groups in total. The number of halogens is 1. The van der Waals surface area contributed by atoms with Crippen LogP contribution in [0.5, 0.6) is 0 Å². The van der Waals surface area contributed by atoms with Crippen molar-refractivity contribution in [1.82, 2.24) is 0 Å². The van der Waals surface area contributed by atoms with Crippen molar-refractivity contribution < 1.29 is 9.13 Å². The molecule has 1 aliphatic carbocycles. The van der Waals surface area contributed by atoms with E-state index in [9.17, 15) is 4.39 Å². The van der Waals surface area contributed by atoms with Gasteiger partial charge in [-0.2, -0.15) is 0 Å². The van der Waals surface area contributed by atoms with E-state index in [-0.39, 0.29) is 11.9 Å². The first-order valence-corrected chi connectivity index (χ1v) is 7.41. The lowest BCUT2D eigenvalue weighted by Crippen LogP contribution is -2.40. The molecule has 0 amide bonds. The fourth-order valence-corrected chi connectivity index (χ4v) is 2.45. The van der Waals surface area contributed by atoms with Crippen molar-refractivity contribution in [2.45, 2.75) is 51.8 Å². The van der Waals surface area contributed by atoms with Crippen LogP contribution < -0.4 is 10.2 Å². The maximum atomic E-state index is 14.1. The van der Waals surface area contributed by atoms with E-state index in [4.69, 9.17) is 4.74 Å². The van der Waals surface area contributed by atoms with E-state index >= 15 is 0 Å². The van der Waals surface area contributed by atoms with Crippen molar-refractivity contribution in [3.8, 4) is 0 Å². The van der Waals surface area contributed by atoms with Gasteiger partial charge in [-0.1, -0.05) is 0 Å². The summed E-state index contributed by atoms with van der Waals surface area (Å²) in [5, 5.41) is 3.36. The molecule has 1 aromatic rings. The molecule has 1 aromatic carbocycles. The van der Waals surface area contributed by atoms with Gasteiger partial charge in [-0.15, -0.1) is 0 Å². The molecule has 0 unspecified atom stereocenters. The lowest BCUT2D eigenvalue weighted by Gasteiger charge is -2.36. The molecule has 4 heteroatoms. The zero-order valence-corrected chi connectivity index (χ0v) is 12.8. The Hall–Kier alpha value is -1.29. The Morgan fingerprint density at radius 2 is 2.10 bits per heavy atom. The number of nitrogens with zero attached hydrogens (tertiary/aromatic N) is 1. The van der Waals surface area contributed by atoms with Crippen LogP contribution in [-0.4, -0.2) is 31.8 Å². The second kappa shape index (κ2) is 6.44. The van der Waals surface area contributed by atoms with Gasteiger partial charge in [-0.25, -0.2) is 4.39 Å². The summed E-state index contributed by atoms with van der Waals surface area (Å²) >= 11 is 0. The number of ether oxygens (including phenoxy) is 1. The molecule has 0 aromatic heterocycles. The Labute approximate surface area is 121 Å². The van der Waals surface area contributed by atoms with E-state index < -0.39 is 0 Å². The third-order valence-electron chi connectivity index (χ3n) is 3.97. The molecule has 0 spiro atoms. The van der Waals surface area contributed by atoms with Crippen LogP contribution in [0.1, 0.15) is 33.6 Å². The topological polar surface area (TPSA) is 24.5 Å². The third-order valence-corrected chi connectivity index (χ3v) is 3.97. The molecular weight excluding hydrogens is 255 g/mol. The maximum absolute atomic E-state index is 14.1. The molecule has 0 heterocycles. The zero-order chi connectivity index (χ0) is 14.7. The van der Waals surface area contributed by atoms with Crippen LogP contribution in [-0.2, 0) is 4.74 Å². The van der Waals surface area contributed by atoms with Crippen molar-refractivity contribution in [2.24, 2.45) is 0 Å². The van der Waals surface area contributed by atoms with Crippen LogP contribution in [0.2, 0.25) is 0 Å². The second-order valence-electron chi connectivity index (χ2n) is 5.76. The minimum Gasteiger partial charge on any atom is -0.382 e. The summed E-state index contributed by atoms with van der Waals surface area (Å²) in [5.74, 6) is -0.174. The molecule has 1 saturated carbocycles. The van der Waals surface area contributed by atoms with Crippen molar-refractivity contribution in [2.75, 3.05) is 23.9 Å². The van der Waals surface area contributed by atoms with Crippen LogP contribution in [0, 0.1) is 5.82 Å². The molecule has 1 aliphatic rings. The quantitative estimate of drug-likeness (QED) is 0.861. The number of rotatable bonds is 6. The maximum Gasteiger partial charge on any atom is 0.148 e. The van der Waals surface area contributed by atoms with Crippen LogP contribution in [0.25, 0.3) is 0 Å². The SMILES string of the molecule is CCOC1CC(Nc2ccc(N(C)C(C)C)c(F)c2)C1. The lowest BCUT2D eigenvalue weighted by atomic mass is 9.89. The number of hydrogen-bond donors (Lipinski definition) is 1. The Morgan fingerprint density at radius 3 is 2.65 bits per heavy atom. The third kappa shape index (κ3) is 3.42. The summed E-state index contributed by atoms with van der Waals surface area (Å²) in [5.41, 5.74) is 1.50. The minimum atomic E-state index is -0.174. The minimum absolute atomic E-state index is 0.174. The molecule has 0 bridgehead atoms. The van der Waals surface area contributed by atoms with Gasteiger partial charge in [0, 0.05) is 31.4 Å². The van der Waals surface area contributed by atoms with Crippen LogP contribution in [0.3, 0.4) is 0 Å². The summed E-state index contributed by atoms with van der Waals surface area (Å²) in [4.78, 5) is 1.94. The first-order valence-electron chi connectivity index (χ1n) is 7.41. The van der Waals surface area contributed by atoms with Crippen LogP contribution >= 0.6 is 0 Å². The van der Waals surface area contributed by atoms with Crippen LogP contribution in [0.4, 0.5) is 15.8 Å². The highest BCUT2D eigenvalue weighted by Gasteiger charge is 2.29. The highest BCUT2D eigenvalue weighted by atomic mass is 19.1. The van der Waals surface area contributed by atoms with Gasteiger partial charge in [-0.3, -0.25) is 0 Å². The fraction of sp³-hybridized carbons (Fsp3) is 0.625. The molecule has 1 fully saturated rings. The molecule has 3 nitrogen and oxygen atoms in total. The van der Waals surface area contributed by atoms with Crippen molar-refractivity contribution in [3.05, 3.63) is 24.0 Å². The number of anilines is 2. The summed E-state index contributed by atoms with van der Waals surface area (Å²) in [6, 6.07) is 6.06. The fourth-order valence-electron chi connectivity index (χ4n) is 2.45. The standard InChI is InChI=1S/C16H25FN2O/c1-5-20-14-8-13(9-14)18-12-6-7-16(15(17)10-12)19(4)11(2)3/h6-7,10-11,13-14,18H,5,8-9H2,1-4H3. The largest absolute Gasteiger partial charge is 0.382 e. The monoisotopic (exact) mass is 280 g/mol. The van der Waals surface area contributed by atoms with E-state index in [0.29, 0.717) is 17.8 Å². The smallest absolute Gasteiger partial charge is 0.148 e. The lowest BCUT2D eigenvalue weighted by molar-refractivity contribution is 0.00299. The predicted molar refractivity (Wildman–Crippen MR) is 82.0 cm³/mol. The highest BCUT2D eigenvalue weighted by molar-refractivity contribution is 5.56. The Kier molecular flexibility index (Phi) is 4.86. The molecule has 0 saturated heterocycles. The Morgan fingerprint density at radius 1 is 1.40 bits per heavy atom. The summed E-state index contributed by atoms with van der Waals surface area (Å²) < 4.78 is 19.6. The molecular formula is C16H25FN2O. The summed E-state index contributed by atoms with van der Waals surface area (Å²) in [7, 11) is 1.91. The van der Waals surface area contributed by atoms with Crippen molar-refractivity contribution in [3.63, 3.8) is 0 Å². The summed E-state index contributed by atoms with van der Waals surface area (Å²) in [6.45, 7) is 6.88. The average molecular weight is 280 g/mol. The van der Waals surface area contributed by atoms with E-state index in [2.05, 4.69) is 5.32 Å². The molecule has 2 rings (SSSR count). The van der Waals surface area contributed by atoms with Gasteiger partial charge in [0.25, 0.3) is 0 Å². The second-order valence-corrected chi connectivity index (χ2v) is 5.76. The van der Waals surface area contributed by atoms with Crippen molar-refractivity contribution >= 4 is 11.4 Å². The number of hydrogen-bond acceptors (Lipinski definition) is 3. The predicted octanol–water partition coefficient (Wildman–Crippen LogP) is 3.65. The van der Waals surface area contributed by atoms with E-state index in [1.807, 2.05) is 44.9 Å². The Balaban J connectivity index is 1.93. The van der Waals surface area contributed by atoms with Crippen LogP contribution in [0.15, 0.2) is 18.2 Å². The first-order chi connectivity index (χ1) is 9.51. The zero-order valence-electron chi connectivity index (χ0n) is 12.8. The molecule has 0 radical (unpaired) electrons. The first kappa shape index (κ1) is 15.1. The highest BCUT2D eigenvalue weighted by Crippen LogP contribution is 2.29. The molecule has 0 atom stereocenters. The van der Waals surface area contributed by atoms with Gasteiger partial charge in [0.1, 0.15) is 5.82 Å². The van der Waals surface area contributed by atoms with Gasteiger partial charge in [0.05, 0.1) is 11.8 Å². The number of benzene rings is 1. The number of nitrogens with one attached hydrogen (secondary N) is 1. The van der Waals surface area contributed by atoms with Crippen molar-refractivity contribution in [1.29, 1.82) is 0 Å². The van der Waals surface area contributed by atoms with E-state index in [0.717, 1.165) is 25.1 Å². The summed E-state index contributed by atoms with van der Waals surface area (Å²) in [6.07, 6.45) is 2.38. The van der Waals surface area contributed by atoms with Gasteiger partial charge >= 0.3 is 0 Å². The molecule has 20 heavy (non-hydrogen) atoms. The molecule has 0 aliphatic heterocycles. The van der Waals surface area contributed by atoms with Gasteiger partial charge in [0.15, 0.2) is 0 Å². The Bertz CT molecular complexity index is 444. The van der Waals surface area contributed by atoms with Gasteiger partial charge in [0.2, 0.25) is 0 Å². The molecule has 112 valence electrons.